The SMILES string of the molecule is Fc1cccc2cc(COc3ccc(C(F)(F)F)cc3)[nH]c12. The molecule has 2 aromatic carbocycles. The highest BCUT2D eigenvalue weighted by Crippen LogP contribution is 2.30. The maximum atomic E-state index is 13.5. The molecular weight excluding hydrogens is 298 g/mol. The summed E-state index contributed by atoms with van der Waals surface area (Å²) in [5.41, 5.74) is 0.293. The van der Waals surface area contributed by atoms with Crippen molar-refractivity contribution in [1.82, 2.24) is 4.98 Å². The van der Waals surface area contributed by atoms with E-state index in [1.54, 1.807) is 18.2 Å². The molecule has 0 aliphatic carbocycles. The Morgan fingerprint density at radius 3 is 2.36 bits per heavy atom. The standard InChI is InChI=1S/C16H11F4NO/c17-14-3-1-2-10-8-12(21-15(10)14)9-22-13-6-4-11(5-7-13)16(18,19)20/h1-8,21H,9H2. The summed E-state index contributed by atoms with van der Waals surface area (Å²) >= 11 is 0. The number of ether oxygens (including phenoxy) is 1. The average Bonchev–Trinajstić information content (AvgIpc) is 2.89. The molecule has 114 valence electrons. The van der Waals surface area contributed by atoms with E-state index in [4.69, 9.17) is 4.74 Å². The lowest BCUT2D eigenvalue weighted by atomic mass is 10.2. The fourth-order valence-electron chi connectivity index (χ4n) is 2.16. The van der Waals surface area contributed by atoms with E-state index in [0.29, 0.717) is 22.3 Å². The molecule has 0 aliphatic rings. The van der Waals surface area contributed by atoms with Gasteiger partial charge in [-0.3, -0.25) is 0 Å². The van der Waals surface area contributed by atoms with Crippen LogP contribution in [0.15, 0.2) is 48.5 Å². The maximum absolute atomic E-state index is 13.5. The normalized spacial score (nSPS) is 11.8. The minimum Gasteiger partial charge on any atom is -0.487 e. The minimum absolute atomic E-state index is 0.111. The third kappa shape index (κ3) is 2.90. The number of para-hydroxylation sites is 1. The van der Waals surface area contributed by atoms with Crippen LogP contribution in [0.4, 0.5) is 17.6 Å². The molecule has 0 atom stereocenters. The van der Waals surface area contributed by atoms with Crippen LogP contribution >= 0.6 is 0 Å². The highest BCUT2D eigenvalue weighted by Gasteiger charge is 2.29. The summed E-state index contributed by atoms with van der Waals surface area (Å²) in [6, 6.07) is 10.9. The number of fused-ring (bicyclic) bond motifs is 1. The maximum Gasteiger partial charge on any atom is 0.416 e. The van der Waals surface area contributed by atoms with Crippen molar-refractivity contribution in [2.24, 2.45) is 0 Å². The summed E-state index contributed by atoms with van der Waals surface area (Å²) in [5.74, 6) is -0.0505. The highest BCUT2D eigenvalue weighted by molar-refractivity contribution is 5.80. The highest BCUT2D eigenvalue weighted by atomic mass is 19.4. The molecule has 1 aromatic heterocycles. The van der Waals surface area contributed by atoms with Gasteiger partial charge < -0.3 is 9.72 Å². The van der Waals surface area contributed by atoms with Gasteiger partial charge in [0.15, 0.2) is 0 Å². The zero-order valence-electron chi connectivity index (χ0n) is 11.2. The largest absolute Gasteiger partial charge is 0.487 e. The molecule has 0 radical (unpaired) electrons. The number of alkyl halides is 3. The fraction of sp³-hybridized carbons (Fsp3) is 0.125. The summed E-state index contributed by atoms with van der Waals surface area (Å²) in [5, 5.41) is 0.714. The van der Waals surface area contributed by atoms with Crippen LogP contribution in [0.1, 0.15) is 11.3 Å². The summed E-state index contributed by atoms with van der Waals surface area (Å²) in [6.07, 6.45) is -4.37. The molecule has 1 heterocycles. The molecule has 2 nitrogen and oxygen atoms in total. The van der Waals surface area contributed by atoms with Crippen molar-refractivity contribution in [1.29, 1.82) is 0 Å². The van der Waals surface area contributed by atoms with E-state index in [9.17, 15) is 17.6 Å². The number of benzene rings is 2. The Labute approximate surface area is 123 Å². The van der Waals surface area contributed by atoms with Gasteiger partial charge in [-0.25, -0.2) is 4.39 Å². The second kappa shape index (κ2) is 5.36. The van der Waals surface area contributed by atoms with Crippen LogP contribution in [-0.4, -0.2) is 4.98 Å². The van der Waals surface area contributed by atoms with Gasteiger partial charge in [-0.05, 0) is 36.4 Å². The van der Waals surface area contributed by atoms with Gasteiger partial charge in [0, 0.05) is 5.39 Å². The molecule has 1 N–H and O–H groups in total. The van der Waals surface area contributed by atoms with Crippen molar-refractivity contribution in [3.8, 4) is 5.75 Å². The van der Waals surface area contributed by atoms with Crippen molar-refractivity contribution >= 4 is 10.9 Å². The summed E-state index contributed by atoms with van der Waals surface area (Å²) in [4.78, 5) is 2.89. The molecule has 22 heavy (non-hydrogen) atoms. The first-order chi connectivity index (χ1) is 10.4. The monoisotopic (exact) mass is 309 g/mol. The zero-order valence-corrected chi connectivity index (χ0v) is 11.2. The Morgan fingerprint density at radius 2 is 1.73 bits per heavy atom. The first kappa shape index (κ1) is 14.4. The van der Waals surface area contributed by atoms with Gasteiger partial charge >= 0.3 is 6.18 Å². The summed E-state index contributed by atoms with van der Waals surface area (Å²) in [6.45, 7) is 0.111. The predicted octanol–water partition coefficient (Wildman–Crippen LogP) is 4.90. The van der Waals surface area contributed by atoms with Gasteiger partial charge in [-0.1, -0.05) is 12.1 Å². The minimum atomic E-state index is -4.37. The first-order valence-corrected chi connectivity index (χ1v) is 6.50. The van der Waals surface area contributed by atoms with Crippen LogP contribution in [-0.2, 0) is 12.8 Å². The Kier molecular flexibility index (Phi) is 3.52. The Hall–Kier alpha value is -2.50. The van der Waals surface area contributed by atoms with Crippen LogP contribution in [0.5, 0.6) is 5.75 Å². The fourth-order valence-corrected chi connectivity index (χ4v) is 2.16. The quantitative estimate of drug-likeness (QED) is 0.684. The molecule has 0 amide bonds. The van der Waals surface area contributed by atoms with Crippen molar-refractivity contribution in [3.63, 3.8) is 0 Å². The van der Waals surface area contributed by atoms with E-state index >= 15 is 0 Å². The van der Waals surface area contributed by atoms with E-state index in [1.165, 1.54) is 18.2 Å². The Morgan fingerprint density at radius 1 is 1.00 bits per heavy atom. The molecule has 0 saturated carbocycles. The van der Waals surface area contributed by atoms with Crippen LogP contribution < -0.4 is 4.74 Å². The molecule has 6 heteroatoms. The Bertz CT molecular complexity index is 790. The van der Waals surface area contributed by atoms with Gasteiger partial charge in [0.25, 0.3) is 0 Å². The van der Waals surface area contributed by atoms with Crippen molar-refractivity contribution in [2.75, 3.05) is 0 Å². The van der Waals surface area contributed by atoms with Gasteiger partial charge in [-0.15, -0.1) is 0 Å². The number of hydrogen-bond donors (Lipinski definition) is 1. The lowest BCUT2D eigenvalue weighted by Gasteiger charge is -2.08. The summed E-state index contributed by atoms with van der Waals surface area (Å²) < 4.78 is 56.3. The number of hydrogen-bond acceptors (Lipinski definition) is 1. The second-order valence-corrected chi connectivity index (χ2v) is 4.81. The van der Waals surface area contributed by atoms with Gasteiger partial charge in [0.1, 0.15) is 18.2 Å². The third-order valence-corrected chi connectivity index (χ3v) is 3.24. The van der Waals surface area contributed by atoms with E-state index in [2.05, 4.69) is 4.98 Å². The number of H-pyrrole nitrogens is 1. The first-order valence-electron chi connectivity index (χ1n) is 6.50. The number of nitrogens with one attached hydrogen (secondary N) is 1. The lowest BCUT2D eigenvalue weighted by Crippen LogP contribution is -2.04. The molecule has 0 spiro atoms. The number of halogens is 4. The molecule has 0 aliphatic heterocycles. The average molecular weight is 309 g/mol. The number of rotatable bonds is 3. The van der Waals surface area contributed by atoms with Crippen LogP contribution in [0, 0.1) is 5.82 Å². The predicted molar refractivity (Wildman–Crippen MR) is 74.0 cm³/mol. The van der Waals surface area contributed by atoms with Crippen molar-refractivity contribution in [2.45, 2.75) is 12.8 Å². The van der Waals surface area contributed by atoms with E-state index in [0.717, 1.165) is 12.1 Å². The Balaban J connectivity index is 1.72. The molecule has 0 saturated heterocycles. The van der Waals surface area contributed by atoms with Gasteiger partial charge in [0.2, 0.25) is 0 Å². The topological polar surface area (TPSA) is 25.0 Å². The molecule has 3 aromatic rings. The van der Waals surface area contributed by atoms with E-state index in [-0.39, 0.29) is 12.4 Å². The number of aromatic amines is 1. The molecule has 0 unspecified atom stereocenters. The van der Waals surface area contributed by atoms with E-state index in [1.807, 2.05) is 0 Å². The second-order valence-electron chi connectivity index (χ2n) is 4.81. The smallest absolute Gasteiger partial charge is 0.416 e. The third-order valence-electron chi connectivity index (χ3n) is 3.24. The molecule has 3 rings (SSSR count). The van der Waals surface area contributed by atoms with Crippen LogP contribution in [0.2, 0.25) is 0 Å². The van der Waals surface area contributed by atoms with Crippen molar-refractivity contribution in [3.05, 3.63) is 65.6 Å². The van der Waals surface area contributed by atoms with Gasteiger partial charge in [-0.2, -0.15) is 13.2 Å². The molecular formula is C16H11F4NO. The van der Waals surface area contributed by atoms with Gasteiger partial charge in [0.05, 0.1) is 16.8 Å². The van der Waals surface area contributed by atoms with Crippen molar-refractivity contribution < 1.29 is 22.3 Å². The summed E-state index contributed by atoms with van der Waals surface area (Å²) in [7, 11) is 0. The van der Waals surface area contributed by atoms with Crippen LogP contribution in [0.25, 0.3) is 10.9 Å². The number of aromatic nitrogens is 1. The molecule has 0 fully saturated rings. The zero-order chi connectivity index (χ0) is 15.7. The van der Waals surface area contributed by atoms with Crippen LogP contribution in [0.3, 0.4) is 0 Å². The van der Waals surface area contributed by atoms with E-state index < -0.39 is 11.7 Å². The lowest BCUT2D eigenvalue weighted by molar-refractivity contribution is -0.137. The molecule has 0 bridgehead atoms.